The van der Waals surface area contributed by atoms with E-state index in [1.165, 1.54) is 18.4 Å². The maximum atomic E-state index is 3.56. The molecule has 0 saturated carbocycles. The van der Waals surface area contributed by atoms with Crippen LogP contribution in [0.4, 0.5) is 0 Å². The Kier molecular flexibility index (Phi) is 7.76. The highest BCUT2D eigenvalue weighted by Gasteiger charge is 2.16. The Balaban J connectivity index is 2.63. The molecule has 1 aromatic rings. The predicted molar refractivity (Wildman–Crippen MR) is 84.4 cm³/mol. The smallest absolute Gasteiger partial charge is 0.0469 e. The molecule has 1 atom stereocenters. The Morgan fingerprint density at radius 1 is 1.16 bits per heavy atom. The highest BCUT2D eigenvalue weighted by molar-refractivity contribution is 5.19. The molecule has 0 heterocycles. The second-order valence-corrected chi connectivity index (χ2v) is 5.79. The Morgan fingerprint density at radius 2 is 1.84 bits per heavy atom. The van der Waals surface area contributed by atoms with Crippen molar-refractivity contribution in [2.75, 3.05) is 26.7 Å². The summed E-state index contributed by atoms with van der Waals surface area (Å²) in [4.78, 5) is 2.48. The van der Waals surface area contributed by atoms with Gasteiger partial charge in [0.2, 0.25) is 0 Å². The number of nitrogens with zero attached hydrogens (tertiary/aromatic N) is 1. The standard InChI is InChI=1S/C17H30N2/c1-5-12-18-14-17(16-9-7-6-8-10-16)19(4)13-11-15(2)3/h6-10,15,17-18H,5,11-14H2,1-4H3. The molecule has 0 saturated heterocycles. The van der Waals surface area contributed by atoms with Crippen LogP contribution in [0.2, 0.25) is 0 Å². The molecule has 2 heteroatoms. The molecule has 0 bridgehead atoms. The van der Waals surface area contributed by atoms with E-state index in [0.717, 1.165) is 25.6 Å². The first-order valence-corrected chi connectivity index (χ1v) is 7.61. The molecular formula is C17H30N2. The van der Waals surface area contributed by atoms with Crippen molar-refractivity contribution in [3.63, 3.8) is 0 Å². The van der Waals surface area contributed by atoms with Crippen molar-refractivity contribution in [2.24, 2.45) is 5.92 Å². The molecular weight excluding hydrogens is 232 g/mol. The molecule has 0 aliphatic rings. The van der Waals surface area contributed by atoms with E-state index in [1.54, 1.807) is 0 Å². The minimum atomic E-state index is 0.478. The first kappa shape index (κ1) is 16.2. The molecule has 19 heavy (non-hydrogen) atoms. The van der Waals surface area contributed by atoms with Gasteiger partial charge < -0.3 is 5.32 Å². The molecule has 0 aromatic heterocycles. The zero-order valence-electron chi connectivity index (χ0n) is 13.0. The summed E-state index contributed by atoms with van der Waals surface area (Å²) in [5.74, 6) is 0.766. The van der Waals surface area contributed by atoms with Gasteiger partial charge in [0, 0.05) is 12.6 Å². The lowest BCUT2D eigenvalue weighted by Gasteiger charge is -2.29. The van der Waals surface area contributed by atoms with E-state index in [-0.39, 0.29) is 0 Å². The Bertz CT molecular complexity index is 321. The number of benzene rings is 1. The highest BCUT2D eigenvalue weighted by Crippen LogP contribution is 2.19. The van der Waals surface area contributed by atoms with Gasteiger partial charge in [-0.15, -0.1) is 0 Å². The van der Waals surface area contributed by atoms with Gasteiger partial charge in [-0.05, 0) is 44.5 Å². The van der Waals surface area contributed by atoms with Gasteiger partial charge in [0.25, 0.3) is 0 Å². The third-order valence-corrected chi connectivity index (χ3v) is 3.54. The van der Waals surface area contributed by atoms with Crippen LogP contribution in [0.5, 0.6) is 0 Å². The van der Waals surface area contributed by atoms with Crippen LogP contribution in [0.25, 0.3) is 0 Å². The molecule has 0 spiro atoms. The van der Waals surface area contributed by atoms with Crippen LogP contribution in [-0.4, -0.2) is 31.6 Å². The molecule has 1 unspecified atom stereocenters. The van der Waals surface area contributed by atoms with Gasteiger partial charge in [0.15, 0.2) is 0 Å². The summed E-state index contributed by atoms with van der Waals surface area (Å²) in [6, 6.07) is 11.3. The van der Waals surface area contributed by atoms with Gasteiger partial charge in [-0.1, -0.05) is 51.1 Å². The minimum Gasteiger partial charge on any atom is -0.315 e. The van der Waals surface area contributed by atoms with Crippen molar-refractivity contribution in [2.45, 2.75) is 39.7 Å². The van der Waals surface area contributed by atoms with Crippen LogP contribution in [0, 0.1) is 5.92 Å². The molecule has 1 aromatic carbocycles. The number of likely N-dealkylation sites (N-methyl/N-ethyl adjacent to an activating group) is 1. The van der Waals surface area contributed by atoms with Crippen LogP contribution < -0.4 is 5.32 Å². The van der Waals surface area contributed by atoms with E-state index in [1.807, 2.05) is 0 Å². The first-order valence-electron chi connectivity index (χ1n) is 7.61. The minimum absolute atomic E-state index is 0.478. The van der Waals surface area contributed by atoms with Gasteiger partial charge in [-0.3, -0.25) is 4.90 Å². The Hall–Kier alpha value is -0.860. The lowest BCUT2D eigenvalue weighted by atomic mass is 10.0. The van der Waals surface area contributed by atoms with E-state index in [9.17, 15) is 0 Å². The van der Waals surface area contributed by atoms with Crippen molar-refractivity contribution in [3.05, 3.63) is 35.9 Å². The SMILES string of the molecule is CCCNCC(c1ccccc1)N(C)CCC(C)C. The monoisotopic (exact) mass is 262 g/mol. The van der Waals surface area contributed by atoms with E-state index < -0.39 is 0 Å². The van der Waals surface area contributed by atoms with Crippen LogP contribution in [-0.2, 0) is 0 Å². The van der Waals surface area contributed by atoms with Crippen LogP contribution in [0.1, 0.15) is 45.2 Å². The van der Waals surface area contributed by atoms with Gasteiger partial charge >= 0.3 is 0 Å². The first-order chi connectivity index (χ1) is 9.15. The fourth-order valence-corrected chi connectivity index (χ4v) is 2.24. The lowest BCUT2D eigenvalue weighted by molar-refractivity contribution is 0.225. The van der Waals surface area contributed by atoms with E-state index in [4.69, 9.17) is 0 Å². The van der Waals surface area contributed by atoms with Crippen molar-refractivity contribution in [1.29, 1.82) is 0 Å². The maximum Gasteiger partial charge on any atom is 0.0469 e. The number of nitrogens with one attached hydrogen (secondary N) is 1. The van der Waals surface area contributed by atoms with E-state index in [0.29, 0.717) is 6.04 Å². The zero-order valence-corrected chi connectivity index (χ0v) is 13.0. The van der Waals surface area contributed by atoms with Crippen molar-refractivity contribution in [3.8, 4) is 0 Å². The fraction of sp³-hybridized carbons (Fsp3) is 0.647. The second kappa shape index (κ2) is 9.11. The molecule has 1 rings (SSSR count). The lowest BCUT2D eigenvalue weighted by Crippen LogP contribution is -2.34. The average Bonchev–Trinajstić information content (AvgIpc) is 2.42. The van der Waals surface area contributed by atoms with Gasteiger partial charge in [-0.2, -0.15) is 0 Å². The maximum absolute atomic E-state index is 3.56. The number of rotatable bonds is 9. The molecule has 108 valence electrons. The summed E-state index contributed by atoms with van der Waals surface area (Å²) in [6.07, 6.45) is 2.45. The molecule has 0 aliphatic carbocycles. The third-order valence-electron chi connectivity index (χ3n) is 3.54. The summed E-state index contributed by atoms with van der Waals surface area (Å²) >= 11 is 0. The summed E-state index contributed by atoms with van der Waals surface area (Å²) in [5, 5.41) is 3.56. The fourth-order valence-electron chi connectivity index (χ4n) is 2.24. The molecule has 0 aliphatic heterocycles. The molecule has 0 amide bonds. The van der Waals surface area contributed by atoms with Gasteiger partial charge in [0.05, 0.1) is 0 Å². The summed E-state index contributed by atoms with van der Waals surface area (Å²) in [6.45, 7) is 10.1. The average molecular weight is 262 g/mol. The van der Waals surface area contributed by atoms with Crippen LogP contribution in [0.15, 0.2) is 30.3 Å². The predicted octanol–water partition coefficient (Wildman–Crippen LogP) is 3.71. The second-order valence-electron chi connectivity index (χ2n) is 5.79. The molecule has 2 nitrogen and oxygen atoms in total. The van der Waals surface area contributed by atoms with E-state index >= 15 is 0 Å². The highest BCUT2D eigenvalue weighted by atomic mass is 15.1. The van der Waals surface area contributed by atoms with Crippen LogP contribution >= 0.6 is 0 Å². The Labute approximate surface area is 119 Å². The molecule has 0 radical (unpaired) electrons. The zero-order chi connectivity index (χ0) is 14.1. The largest absolute Gasteiger partial charge is 0.315 e. The van der Waals surface area contributed by atoms with Gasteiger partial charge in [0.1, 0.15) is 0 Å². The number of hydrogen-bond donors (Lipinski definition) is 1. The van der Waals surface area contributed by atoms with Crippen LogP contribution in [0.3, 0.4) is 0 Å². The topological polar surface area (TPSA) is 15.3 Å². The molecule has 1 N–H and O–H groups in total. The summed E-state index contributed by atoms with van der Waals surface area (Å²) in [5.41, 5.74) is 1.41. The van der Waals surface area contributed by atoms with Crippen molar-refractivity contribution >= 4 is 0 Å². The van der Waals surface area contributed by atoms with Crippen molar-refractivity contribution in [1.82, 2.24) is 10.2 Å². The number of hydrogen-bond acceptors (Lipinski definition) is 2. The summed E-state index contributed by atoms with van der Waals surface area (Å²) in [7, 11) is 2.24. The third kappa shape index (κ3) is 6.22. The van der Waals surface area contributed by atoms with Crippen molar-refractivity contribution < 1.29 is 0 Å². The summed E-state index contributed by atoms with van der Waals surface area (Å²) < 4.78 is 0. The van der Waals surface area contributed by atoms with Gasteiger partial charge in [-0.25, -0.2) is 0 Å². The normalized spacial score (nSPS) is 13.2. The quantitative estimate of drug-likeness (QED) is 0.683. The Morgan fingerprint density at radius 3 is 2.42 bits per heavy atom. The molecule has 0 fully saturated rings. The van der Waals surface area contributed by atoms with E-state index in [2.05, 4.69) is 68.4 Å².